The highest BCUT2D eigenvalue weighted by Crippen LogP contribution is 2.76. The van der Waals surface area contributed by atoms with Crippen LogP contribution < -0.4 is 15.4 Å². The van der Waals surface area contributed by atoms with Crippen molar-refractivity contribution in [1.29, 1.82) is 0 Å². The SMILES string of the molecule is COc1ccc(C(=O)NC(C)(C)C(=O)N[C@@]23CC[C@]4(C)[C@H](CC[C@@H]5[C@@]6(C)CC[C@H](OC(=O)[C@H]7C[C@@H](C(=O)O)C7(C)C)C(C)(C)[C@@H]6CC[C@]54C)C2=C(C(C)C)C(=O)C3)cc1. The third kappa shape index (κ3) is 6.41. The van der Waals surface area contributed by atoms with Gasteiger partial charge in [-0.2, -0.15) is 0 Å². The summed E-state index contributed by atoms with van der Waals surface area (Å²) < 4.78 is 11.7. The second-order valence-electron chi connectivity index (χ2n) is 22.3. The minimum atomic E-state index is -1.24. The summed E-state index contributed by atoms with van der Waals surface area (Å²) in [5.74, 6) is -0.998. The maximum atomic E-state index is 14.4. The molecule has 0 radical (unpaired) electrons. The Balaban J connectivity index is 1.13. The van der Waals surface area contributed by atoms with Gasteiger partial charge in [0.15, 0.2) is 5.78 Å². The van der Waals surface area contributed by atoms with Gasteiger partial charge in [-0.15, -0.1) is 0 Å². The number of carboxylic acids is 1. The normalized spacial score (nSPS) is 38.2. The minimum Gasteiger partial charge on any atom is -0.497 e. The zero-order valence-corrected chi connectivity index (χ0v) is 37.7. The number of allylic oxidation sites excluding steroid dienone is 1. The van der Waals surface area contributed by atoms with E-state index in [1.54, 1.807) is 45.2 Å². The predicted molar refractivity (Wildman–Crippen MR) is 225 cm³/mol. The molecule has 0 unspecified atom stereocenters. The highest BCUT2D eigenvalue weighted by Gasteiger charge is 2.71. The molecule has 6 aliphatic carbocycles. The Labute approximate surface area is 351 Å². The molecule has 0 aliphatic heterocycles. The molecule has 10 atom stereocenters. The van der Waals surface area contributed by atoms with Crippen molar-refractivity contribution in [3.63, 3.8) is 0 Å². The van der Waals surface area contributed by atoms with Crippen molar-refractivity contribution in [1.82, 2.24) is 10.6 Å². The maximum absolute atomic E-state index is 14.4. The van der Waals surface area contributed by atoms with Gasteiger partial charge in [0.05, 0.1) is 24.5 Å². The van der Waals surface area contributed by atoms with E-state index in [1.807, 2.05) is 13.8 Å². The average Bonchev–Trinajstić information content (AvgIpc) is 3.44. The monoisotopic (exact) mass is 815 g/mol. The minimum absolute atomic E-state index is 0.0134. The van der Waals surface area contributed by atoms with Gasteiger partial charge in [-0.3, -0.25) is 24.0 Å². The number of ether oxygens (including phenoxy) is 2. The molecule has 5 fully saturated rings. The zero-order valence-electron chi connectivity index (χ0n) is 37.7. The first-order chi connectivity index (χ1) is 27.3. The van der Waals surface area contributed by atoms with E-state index in [0.717, 1.165) is 56.1 Å². The van der Waals surface area contributed by atoms with Crippen LogP contribution in [0.25, 0.3) is 0 Å². The lowest BCUT2D eigenvalue weighted by molar-refractivity contribution is -0.235. The van der Waals surface area contributed by atoms with Gasteiger partial charge in [0.1, 0.15) is 17.4 Å². The first kappa shape index (κ1) is 43.4. The van der Waals surface area contributed by atoms with Gasteiger partial charge in [-0.25, -0.2) is 0 Å². The van der Waals surface area contributed by atoms with Gasteiger partial charge in [0.2, 0.25) is 5.91 Å². The first-order valence-corrected chi connectivity index (χ1v) is 22.3. The molecule has 2 amide bonds. The fraction of sp³-hybridized carbons (Fsp3) is 0.735. The van der Waals surface area contributed by atoms with Crippen molar-refractivity contribution in [2.24, 2.45) is 62.6 Å². The third-order valence-corrected chi connectivity index (χ3v) is 18.2. The van der Waals surface area contributed by atoms with E-state index in [4.69, 9.17) is 9.47 Å². The van der Waals surface area contributed by atoms with E-state index in [2.05, 4.69) is 59.1 Å². The second kappa shape index (κ2) is 14.2. The van der Waals surface area contributed by atoms with Crippen molar-refractivity contribution >= 4 is 29.5 Å². The van der Waals surface area contributed by atoms with Crippen molar-refractivity contribution in [2.45, 2.75) is 158 Å². The number of carbonyl (C=O) groups is 5. The quantitative estimate of drug-likeness (QED) is 0.210. The summed E-state index contributed by atoms with van der Waals surface area (Å²) >= 11 is 0. The molecule has 10 heteroatoms. The number of nitrogens with one attached hydrogen (secondary N) is 2. The highest BCUT2D eigenvalue weighted by atomic mass is 16.5. The Kier molecular flexibility index (Phi) is 10.4. The molecular weight excluding hydrogens is 745 g/mol. The Morgan fingerprint density at radius 2 is 1.47 bits per heavy atom. The van der Waals surface area contributed by atoms with E-state index < -0.39 is 34.3 Å². The van der Waals surface area contributed by atoms with Crippen LogP contribution in [0.3, 0.4) is 0 Å². The van der Waals surface area contributed by atoms with Crippen molar-refractivity contribution in [3.8, 4) is 5.75 Å². The van der Waals surface area contributed by atoms with Gasteiger partial charge in [0.25, 0.3) is 5.91 Å². The number of hydrogen-bond acceptors (Lipinski definition) is 7. The van der Waals surface area contributed by atoms with Crippen molar-refractivity contribution in [2.75, 3.05) is 7.11 Å². The number of hydrogen-bond donors (Lipinski definition) is 3. The number of methoxy groups -OCH3 is 1. The van der Waals surface area contributed by atoms with Crippen LogP contribution in [0.4, 0.5) is 0 Å². The van der Waals surface area contributed by atoms with Gasteiger partial charge in [0, 0.05) is 17.4 Å². The first-order valence-electron chi connectivity index (χ1n) is 22.3. The summed E-state index contributed by atoms with van der Waals surface area (Å²) in [6.45, 7) is 23.5. The number of benzene rings is 1. The van der Waals surface area contributed by atoms with Crippen LogP contribution in [0.1, 0.15) is 151 Å². The number of fused-ring (bicyclic) bond motifs is 7. The summed E-state index contributed by atoms with van der Waals surface area (Å²) in [5, 5.41) is 16.1. The number of rotatable bonds is 9. The van der Waals surface area contributed by atoms with Gasteiger partial charge >= 0.3 is 11.9 Å². The molecule has 59 heavy (non-hydrogen) atoms. The van der Waals surface area contributed by atoms with Crippen LogP contribution in [-0.4, -0.2) is 58.9 Å². The fourth-order valence-corrected chi connectivity index (χ4v) is 14.4. The van der Waals surface area contributed by atoms with Crippen LogP contribution in [-0.2, 0) is 23.9 Å². The summed E-state index contributed by atoms with van der Waals surface area (Å²) in [4.78, 5) is 67.4. The van der Waals surface area contributed by atoms with E-state index in [1.165, 1.54) is 0 Å². The number of carboxylic acid groups (broad SMARTS) is 1. The number of ketones is 1. The predicted octanol–water partition coefficient (Wildman–Crippen LogP) is 8.71. The van der Waals surface area contributed by atoms with Gasteiger partial charge < -0.3 is 25.2 Å². The fourth-order valence-electron chi connectivity index (χ4n) is 14.4. The summed E-state index contributed by atoms with van der Waals surface area (Å²) in [6.07, 6.45) is 7.65. The maximum Gasteiger partial charge on any atom is 0.309 e. The molecule has 5 saturated carbocycles. The number of Topliss-reactive ketones (excluding diaryl/α,β-unsaturated/α-hetero) is 1. The van der Waals surface area contributed by atoms with Crippen molar-refractivity contribution < 1.29 is 38.6 Å². The largest absolute Gasteiger partial charge is 0.497 e. The average molecular weight is 815 g/mol. The molecule has 1 aromatic rings. The molecule has 0 spiro atoms. The molecule has 10 nitrogen and oxygen atoms in total. The zero-order chi connectivity index (χ0) is 43.5. The van der Waals surface area contributed by atoms with E-state index in [-0.39, 0.29) is 69.6 Å². The standard InChI is InChI=1S/C49H70N2O8/c1-27(2)37-33(52)26-49(51-42(57)45(7,8)50-39(53)28-13-15-29(58-12)16-14-28)24-23-47(10)30(38(37)49)17-18-35-46(9)21-20-36(44(5,6)34(46)19-22-48(35,47)11)59-41(56)32-25-31(40(54)55)43(32,3)4/h13-16,27,30-32,34-36H,17-26H2,1-12H3,(H,50,53)(H,51,57)(H,54,55)/t30-,31+,32-,34+,35-,36+,46+,47-,48-,49-/m1/s1. The molecule has 0 bridgehead atoms. The van der Waals surface area contributed by atoms with Crippen LogP contribution in [0.15, 0.2) is 35.4 Å². The summed E-state index contributed by atoms with van der Waals surface area (Å²) in [6, 6.07) is 6.79. The van der Waals surface area contributed by atoms with Crippen LogP contribution in [0, 0.1) is 62.6 Å². The summed E-state index contributed by atoms with van der Waals surface area (Å²) in [7, 11) is 1.57. The second-order valence-corrected chi connectivity index (χ2v) is 22.3. The van der Waals surface area contributed by atoms with E-state index in [9.17, 15) is 29.1 Å². The number of aliphatic carboxylic acids is 1. The van der Waals surface area contributed by atoms with Crippen LogP contribution >= 0.6 is 0 Å². The number of amides is 2. The summed E-state index contributed by atoms with van der Waals surface area (Å²) in [5.41, 5.74) is -0.583. The molecule has 0 saturated heterocycles. The molecule has 3 N–H and O–H groups in total. The lowest BCUT2D eigenvalue weighted by Gasteiger charge is -2.72. The topological polar surface area (TPSA) is 148 Å². The molecule has 0 aromatic heterocycles. The Bertz CT molecular complexity index is 1960. The van der Waals surface area contributed by atoms with Crippen molar-refractivity contribution in [3.05, 3.63) is 41.0 Å². The van der Waals surface area contributed by atoms with E-state index >= 15 is 0 Å². The molecular formula is C49H70N2O8. The highest BCUT2D eigenvalue weighted by molar-refractivity contribution is 6.03. The van der Waals surface area contributed by atoms with E-state index in [0.29, 0.717) is 36.0 Å². The van der Waals surface area contributed by atoms with Crippen LogP contribution in [0.2, 0.25) is 0 Å². The lowest BCUT2D eigenvalue weighted by atomic mass is 9.33. The lowest BCUT2D eigenvalue weighted by Crippen LogP contribution is -2.68. The van der Waals surface area contributed by atoms with Gasteiger partial charge in [-0.1, -0.05) is 62.3 Å². The third-order valence-electron chi connectivity index (χ3n) is 18.2. The van der Waals surface area contributed by atoms with Gasteiger partial charge in [-0.05, 0) is 152 Å². The Hall–Kier alpha value is -3.69. The smallest absolute Gasteiger partial charge is 0.309 e. The molecule has 6 aliphatic rings. The Morgan fingerprint density at radius 3 is 2.07 bits per heavy atom. The Morgan fingerprint density at radius 1 is 0.814 bits per heavy atom. The molecule has 0 heterocycles. The van der Waals surface area contributed by atoms with Crippen LogP contribution in [0.5, 0.6) is 5.75 Å². The number of esters is 1. The molecule has 7 rings (SSSR count). The molecule has 324 valence electrons. The number of carbonyl (C=O) groups excluding carboxylic acids is 4. The molecule has 1 aromatic carbocycles.